The van der Waals surface area contributed by atoms with Crippen LogP contribution >= 0.6 is 0 Å². The van der Waals surface area contributed by atoms with Gasteiger partial charge >= 0.3 is 0 Å². The van der Waals surface area contributed by atoms with Gasteiger partial charge in [-0.2, -0.15) is 0 Å². The number of carbonyl (C=O) groups is 1. The van der Waals surface area contributed by atoms with E-state index in [0.29, 0.717) is 38.5 Å². The summed E-state index contributed by atoms with van der Waals surface area (Å²) < 4.78 is 8.43. The largest absolute Gasteiger partial charge is 0.491 e. The van der Waals surface area contributed by atoms with E-state index < -0.39 is 0 Å². The molecule has 1 amide bonds. The number of amides is 1. The van der Waals surface area contributed by atoms with E-state index in [-0.39, 0.29) is 5.91 Å². The van der Waals surface area contributed by atoms with Crippen molar-refractivity contribution in [1.82, 2.24) is 14.9 Å². The molecule has 0 radical (unpaired) electrons. The summed E-state index contributed by atoms with van der Waals surface area (Å²) in [4.78, 5) is 16.6. The summed E-state index contributed by atoms with van der Waals surface area (Å²) >= 11 is 0. The lowest BCUT2D eigenvalue weighted by Crippen LogP contribution is -2.26. The zero-order valence-corrected chi connectivity index (χ0v) is 18.6. The molecular formula is C25H33N3O2. The zero-order valence-electron chi connectivity index (χ0n) is 18.6. The van der Waals surface area contributed by atoms with E-state index >= 15 is 0 Å². The highest BCUT2D eigenvalue weighted by Crippen LogP contribution is 2.27. The number of aryl methyl sites for hydroxylation is 1. The molecule has 0 saturated carbocycles. The number of ether oxygens (including phenoxy) is 1. The summed E-state index contributed by atoms with van der Waals surface area (Å²) in [5.41, 5.74) is 4.51. The van der Waals surface area contributed by atoms with Crippen molar-refractivity contribution in [1.29, 1.82) is 0 Å². The van der Waals surface area contributed by atoms with Crippen molar-refractivity contribution in [3.63, 3.8) is 0 Å². The van der Waals surface area contributed by atoms with Crippen LogP contribution in [0.4, 0.5) is 0 Å². The Hall–Kier alpha value is -2.82. The van der Waals surface area contributed by atoms with Crippen LogP contribution in [0.15, 0.2) is 42.5 Å². The molecule has 0 unspecified atom stereocenters. The van der Waals surface area contributed by atoms with Gasteiger partial charge in [-0.3, -0.25) is 4.79 Å². The first-order valence-corrected chi connectivity index (χ1v) is 10.9. The number of aromatic nitrogens is 2. The number of fused-ring (bicyclic) bond motifs is 1. The average Bonchev–Trinajstić information content (AvgIpc) is 3.06. The number of hydrogen-bond donors (Lipinski definition) is 1. The third kappa shape index (κ3) is 5.41. The Morgan fingerprint density at radius 3 is 2.77 bits per heavy atom. The van der Waals surface area contributed by atoms with E-state index in [4.69, 9.17) is 9.72 Å². The predicted molar refractivity (Wildman–Crippen MR) is 122 cm³/mol. The Balaban J connectivity index is 1.72. The van der Waals surface area contributed by atoms with Crippen molar-refractivity contribution in [3.8, 4) is 5.75 Å². The summed E-state index contributed by atoms with van der Waals surface area (Å²) in [6.45, 7) is 10.3. The summed E-state index contributed by atoms with van der Waals surface area (Å²) in [5, 5.41) is 2.99. The van der Waals surface area contributed by atoms with Crippen LogP contribution in [0.5, 0.6) is 5.75 Å². The van der Waals surface area contributed by atoms with Crippen LogP contribution in [0.3, 0.4) is 0 Å². The van der Waals surface area contributed by atoms with Gasteiger partial charge in [-0.05, 0) is 48.6 Å². The molecule has 5 heteroatoms. The van der Waals surface area contributed by atoms with Crippen LogP contribution in [0, 0.1) is 6.92 Å². The molecule has 3 rings (SSSR count). The second-order valence-corrected chi connectivity index (χ2v) is 8.06. The van der Waals surface area contributed by atoms with Crippen molar-refractivity contribution in [2.24, 2.45) is 0 Å². The van der Waals surface area contributed by atoms with E-state index in [1.54, 1.807) is 0 Å². The van der Waals surface area contributed by atoms with Gasteiger partial charge in [0.1, 0.15) is 18.2 Å². The van der Waals surface area contributed by atoms with E-state index in [1.807, 2.05) is 25.1 Å². The number of nitrogens with zero attached hydrogens (tertiary/aromatic N) is 2. The summed E-state index contributed by atoms with van der Waals surface area (Å²) in [6.07, 6.45) is 2.13. The second kappa shape index (κ2) is 10.3. The molecule has 30 heavy (non-hydrogen) atoms. The third-order valence-corrected chi connectivity index (χ3v) is 5.24. The lowest BCUT2D eigenvalue weighted by atomic mass is 10.0. The minimum Gasteiger partial charge on any atom is -0.491 e. The Kier molecular flexibility index (Phi) is 7.50. The second-order valence-electron chi connectivity index (χ2n) is 8.06. The van der Waals surface area contributed by atoms with E-state index in [0.717, 1.165) is 29.0 Å². The standard InChI is InChI=1S/C25H33N3O2/c1-5-8-25(29)26-14-13-24-27-21-9-6-7-10-22(21)28(24)15-16-30-23-17-19(4)11-12-20(23)18(2)3/h6-7,9-12,17-18H,5,8,13-16H2,1-4H3,(H,26,29). The highest BCUT2D eigenvalue weighted by Gasteiger charge is 2.12. The van der Waals surface area contributed by atoms with Crippen LogP contribution < -0.4 is 10.1 Å². The van der Waals surface area contributed by atoms with Gasteiger partial charge in [0.05, 0.1) is 17.6 Å². The molecule has 0 aliphatic heterocycles. The molecule has 3 aromatic rings. The molecule has 1 N–H and O–H groups in total. The summed E-state index contributed by atoms with van der Waals surface area (Å²) in [5.74, 6) is 2.45. The maximum Gasteiger partial charge on any atom is 0.219 e. The smallest absolute Gasteiger partial charge is 0.219 e. The van der Waals surface area contributed by atoms with Crippen LogP contribution in [0.1, 0.15) is 56.5 Å². The van der Waals surface area contributed by atoms with Crippen molar-refractivity contribution in [3.05, 3.63) is 59.4 Å². The van der Waals surface area contributed by atoms with Crippen LogP contribution in [0.2, 0.25) is 0 Å². The van der Waals surface area contributed by atoms with Gasteiger partial charge in [-0.25, -0.2) is 4.98 Å². The fourth-order valence-electron chi connectivity index (χ4n) is 3.69. The maximum atomic E-state index is 11.8. The number of benzene rings is 2. The third-order valence-electron chi connectivity index (χ3n) is 5.24. The number of hydrogen-bond acceptors (Lipinski definition) is 3. The fraction of sp³-hybridized carbons (Fsp3) is 0.440. The van der Waals surface area contributed by atoms with Crippen molar-refractivity contribution >= 4 is 16.9 Å². The quantitative estimate of drug-likeness (QED) is 0.514. The minimum atomic E-state index is 0.101. The van der Waals surface area contributed by atoms with Gasteiger partial charge in [0.25, 0.3) is 0 Å². The van der Waals surface area contributed by atoms with Crippen molar-refractivity contribution < 1.29 is 9.53 Å². The number of carbonyl (C=O) groups excluding carboxylic acids is 1. The lowest BCUT2D eigenvalue weighted by Gasteiger charge is -2.16. The molecule has 0 aliphatic rings. The molecule has 5 nitrogen and oxygen atoms in total. The molecular weight excluding hydrogens is 374 g/mol. The van der Waals surface area contributed by atoms with Gasteiger partial charge in [0.2, 0.25) is 5.91 Å². The first-order valence-electron chi connectivity index (χ1n) is 10.9. The molecule has 2 aromatic carbocycles. The fourth-order valence-corrected chi connectivity index (χ4v) is 3.69. The van der Waals surface area contributed by atoms with Gasteiger partial charge in [0.15, 0.2) is 0 Å². The van der Waals surface area contributed by atoms with Crippen LogP contribution in [-0.2, 0) is 17.8 Å². The molecule has 160 valence electrons. The lowest BCUT2D eigenvalue weighted by molar-refractivity contribution is -0.121. The minimum absolute atomic E-state index is 0.101. The maximum absolute atomic E-state index is 11.8. The normalized spacial score (nSPS) is 11.2. The van der Waals surface area contributed by atoms with E-state index in [2.05, 4.69) is 54.9 Å². The number of imidazole rings is 1. The predicted octanol–water partition coefficient (Wildman–Crippen LogP) is 5.01. The zero-order chi connectivity index (χ0) is 21.5. The van der Waals surface area contributed by atoms with Gasteiger partial charge in [0, 0.05) is 19.4 Å². The highest BCUT2D eigenvalue weighted by atomic mass is 16.5. The Morgan fingerprint density at radius 2 is 2.00 bits per heavy atom. The molecule has 1 heterocycles. The van der Waals surface area contributed by atoms with Crippen molar-refractivity contribution in [2.45, 2.75) is 59.4 Å². The Labute approximate surface area is 179 Å². The van der Waals surface area contributed by atoms with Crippen molar-refractivity contribution in [2.75, 3.05) is 13.2 Å². The average molecular weight is 408 g/mol. The molecule has 0 bridgehead atoms. The molecule has 0 saturated heterocycles. The monoisotopic (exact) mass is 407 g/mol. The Bertz CT molecular complexity index is 991. The van der Waals surface area contributed by atoms with Gasteiger partial charge < -0.3 is 14.6 Å². The molecule has 0 atom stereocenters. The molecule has 1 aromatic heterocycles. The summed E-state index contributed by atoms with van der Waals surface area (Å²) in [7, 11) is 0. The molecule has 0 spiro atoms. The summed E-state index contributed by atoms with van der Waals surface area (Å²) in [6, 6.07) is 14.6. The highest BCUT2D eigenvalue weighted by molar-refractivity contribution is 5.76. The van der Waals surface area contributed by atoms with Gasteiger partial charge in [-0.15, -0.1) is 0 Å². The van der Waals surface area contributed by atoms with E-state index in [9.17, 15) is 4.79 Å². The SMILES string of the molecule is CCCC(=O)NCCc1nc2ccccc2n1CCOc1cc(C)ccc1C(C)C. The first-order chi connectivity index (χ1) is 14.5. The number of rotatable bonds is 10. The van der Waals surface area contributed by atoms with Crippen LogP contribution in [-0.4, -0.2) is 28.6 Å². The van der Waals surface area contributed by atoms with Crippen LogP contribution in [0.25, 0.3) is 11.0 Å². The number of nitrogens with one attached hydrogen (secondary N) is 1. The van der Waals surface area contributed by atoms with E-state index in [1.165, 1.54) is 11.1 Å². The molecule has 0 fully saturated rings. The number of para-hydroxylation sites is 2. The first kappa shape index (κ1) is 21.9. The topological polar surface area (TPSA) is 56.2 Å². The van der Waals surface area contributed by atoms with Gasteiger partial charge in [-0.1, -0.05) is 45.0 Å². The molecule has 0 aliphatic carbocycles. The Morgan fingerprint density at radius 1 is 1.20 bits per heavy atom.